The molecule has 1 aromatic heterocycles. The van der Waals surface area contributed by atoms with Crippen molar-refractivity contribution in [3.63, 3.8) is 0 Å². The summed E-state index contributed by atoms with van der Waals surface area (Å²) in [6.45, 7) is 4.74. The van der Waals surface area contributed by atoms with E-state index >= 15 is 0 Å². The molecule has 1 amide bonds. The lowest BCUT2D eigenvalue weighted by Crippen LogP contribution is -2.58. The summed E-state index contributed by atoms with van der Waals surface area (Å²) in [7, 11) is 0. The topological polar surface area (TPSA) is 44.4 Å². The second-order valence-corrected chi connectivity index (χ2v) is 9.13. The maximum absolute atomic E-state index is 13.6. The van der Waals surface area contributed by atoms with Crippen molar-refractivity contribution in [1.29, 1.82) is 0 Å². The Kier molecular flexibility index (Phi) is 5.19. The monoisotopic (exact) mass is 387 g/mol. The van der Waals surface area contributed by atoms with Gasteiger partial charge in [0, 0.05) is 41.1 Å². The van der Waals surface area contributed by atoms with Gasteiger partial charge in [-0.2, -0.15) is 0 Å². The molecule has 0 atom stereocenters. The van der Waals surface area contributed by atoms with E-state index < -0.39 is 5.54 Å². The number of likely N-dealkylation sites (tertiary alicyclic amines) is 1. The minimum Gasteiger partial charge on any atom is -0.371 e. The van der Waals surface area contributed by atoms with Gasteiger partial charge in [0.25, 0.3) is 0 Å². The molecule has 1 aromatic carbocycles. The van der Waals surface area contributed by atoms with Crippen molar-refractivity contribution in [2.75, 3.05) is 18.4 Å². The number of piperidine rings is 1. The Labute approximate surface area is 163 Å². The van der Waals surface area contributed by atoms with E-state index in [2.05, 4.69) is 34.6 Å². The number of halogens is 1. The molecule has 2 fully saturated rings. The summed E-state index contributed by atoms with van der Waals surface area (Å²) in [5, 5.41) is 6.54. The first-order chi connectivity index (χ1) is 13.0. The van der Waals surface area contributed by atoms with Crippen LogP contribution in [0.25, 0.3) is 0 Å². The molecule has 2 aliphatic rings. The molecule has 4 rings (SSSR count). The van der Waals surface area contributed by atoms with Crippen molar-refractivity contribution in [3.8, 4) is 0 Å². The molecule has 0 radical (unpaired) electrons. The molecular formula is C21H26FN3OS. The molecule has 1 aliphatic carbocycles. The van der Waals surface area contributed by atoms with Gasteiger partial charge in [0.15, 0.2) is 0 Å². The zero-order valence-corrected chi connectivity index (χ0v) is 16.4. The van der Waals surface area contributed by atoms with E-state index in [0.29, 0.717) is 24.6 Å². The van der Waals surface area contributed by atoms with Gasteiger partial charge in [0.2, 0.25) is 5.91 Å². The van der Waals surface area contributed by atoms with E-state index in [1.54, 1.807) is 6.07 Å². The highest BCUT2D eigenvalue weighted by Gasteiger charge is 2.43. The van der Waals surface area contributed by atoms with Crippen LogP contribution >= 0.6 is 11.3 Å². The standard InChI is InChI=1S/C21H26FN3OS/c1-15-5-8-19(27-15)14-25-11-9-21(10-12-25,20(26)23-17-6-7-17)24-18-4-2-3-16(22)13-18/h2-5,8,13,17,24H,6-7,9-12,14H2,1H3,(H,23,26). The van der Waals surface area contributed by atoms with Crippen LogP contribution in [0.15, 0.2) is 36.4 Å². The Balaban J connectivity index is 1.46. The number of rotatable bonds is 6. The van der Waals surface area contributed by atoms with Crippen molar-refractivity contribution >= 4 is 22.9 Å². The van der Waals surface area contributed by atoms with Crippen LogP contribution < -0.4 is 10.6 Å². The van der Waals surface area contributed by atoms with Crippen LogP contribution in [0.5, 0.6) is 0 Å². The van der Waals surface area contributed by atoms with Gasteiger partial charge in [-0.15, -0.1) is 11.3 Å². The predicted molar refractivity (Wildman–Crippen MR) is 107 cm³/mol. The number of nitrogens with one attached hydrogen (secondary N) is 2. The minimum atomic E-state index is -0.668. The number of amides is 1. The highest BCUT2D eigenvalue weighted by Crippen LogP contribution is 2.31. The highest BCUT2D eigenvalue weighted by molar-refractivity contribution is 7.11. The van der Waals surface area contributed by atoms with E-state index in [-0.39, 0.29) is 11.7 Å². The van der Waals surface area contributed by atoms with Crippen LogP contribution in [0, 0.1) is 12.7 Å². The van der Waals surface area contributed by atoms with Gasteiger partial charge >= 0.3 is 0 Å². The first kappa shape index (κ1) is 18.4. The Bertz CT molecular complexity index is 809. The third kappa shape index (κ3) is 4.50. The fourth-order valence-corrected chi connectivity index (χ4v) is 4.62. The summed E-state index contributed by atoms with van der Waals surface area (Å²) >= 11 is 1.83. The molecule has 1 saturated heterocycles. The number of hydrogen-bond acceptors (Lipinski definition) is 4. The fraction of sp³-hybridized carbons (Fsp3) is 0.476. The smallest absolute Gasteiger partial charge is 0.245 e. The zero-order chi connectivity index (χ0) is 18.9. The quantitative estimate of drug-likeness (QED) is 0.790. The molecule has 1 aliphatic heterocycles. The van der Waals surface area contributed by atoms with Crippen molar-refractivity contribution in [2.24, 2.45) is 0 Å². The van der Waals surface area contributed by atoms with E-state index in [9.17, 15) is 9.18 Å². The van der Waals surface area contributed by atoms with E-state index in [4.69, 9.17) is 0 Å². The first-order valence-corrected chi connectivity index (χ1v) is 10.5. The van der Waals surface area contributed by atoms with Crippen molar-refractivity contribution in [3.05, 3.63) is 52.0 Å². The van der Waals surface area contributed by atoms with Gasteiger partial charge in [-0.25, -0.2) is 4.39 Å². The van der Waals surface area contributed by atoms with Crippen LogP contribution in [0.1, 0.15) is 35.4 Å². The van der Waals surface area contributed by atoms with Gasteiger partial charge in [0.1, 0.15) is 11.4 Å². The Morgan fingerprint density at radius 3 is 2.67 bits per heavy atom. The van der Waals surface area contributed by atoms with Crippen LogP contribution in [0.3, 0.4) is 0 Å². The van der Waals surface area contributed by atoms with Crippen LogP contribution in [0.4, 0.5) is 10.1 Å². The molecule has 4 nitrogen and oxygen atoms in total. The van der Waals surface area contributed by atoms with Crippen molar-refractivity contribution in [2.45, 2.75) is 50.7 Å². The second-order valence-electron chi connectivity index (χ2n) is 7.75. The molecule has 1 saturated carbocycles. The normalized spacial score (nSPS) is 19.6. The summed E-state index contributed by atoms with van der Waals surface area (Å²) in [4.78, 5) is 18.1. The number of carbonyl (C=O) groups excluding carboxylic acids is 1. The number of nitrogens with zero attached hydrogens (tertiary/aromatic N) is 1. The van der Waals surface area contributed by atoms with Gasteiger partial charge in [-0.3, -0.25) is 9.69 Å². The Morgan fingerprint density at radius 2 is 2.04 bits per heavy atom. The van der Waals surface area contributed by atoms with E-state index in [1.807, 2.05) is 17.4 Å². The summed E-state index contributed by atoms with van der Waals surface area (Å²) in [5.41, 5.74) is 0.00130. The molecule has 0 spiro atoms. The summed E-state index contributed by atoms with van der Waals surface area (Å²) < 4.78 is 13.6. The highest BCUT2D eigenvalue weighted by atomic mass is 32.1. The molecular weight excluding hydrogens is 361 g/mol. The third-order valence-corrected chi connectivity index (χ3v) is 6.43. The molecule has 2 N–H and O–H groups in total. The van der Waals surface area contributed by atoms with Crippen LogP contribution in [-0.2, 0) is 11.3 Å². The maximum Gasteiger partial charge on any atom is 0.245 e. The second kappa shape index (κ2) is 7.60. The van der Waals surface area contributed by atoms with E-state index in [1.165, 1.54) is 21.9 Å². The molecule has 0 bridgehead atoms. The van der Waals surface area contributed by atoms with Gasteiger partial charge < -0.3 is 10.6 Å². The number of hydrogen-bond donors (Lipinski definition) is 2. The molecule has 27 heavy (non-hydrogen) atoms. The number of benzene rings is 1. The zero-order valence-electron chi connectivity index (χ0n) is 15.6. The average Bonchev–Trinajstić information content (AvgIpc) is 3.36. The van der Waals surface area contributed by atoms with Crippen molar-refractivity contribution < 1.29 is 9.18 Å². The lowest BCUT2D eigenvalue weighted by molar-refractivity contribution is -0.127. The molecule has 2 heterocycles. The lowest BCUT2D eigenvalue weighted by Gasteiger charge is -2.41. The number of aryl methyl sites for hydroxylation is 1. The summed E-state index contributed by atoms with van der Waals surface area (Å²) in [6, 6.07) is 11.1. The number of anilines is 1. The van der Waals surface area contributed by atoms with Gasteiger partial charge in [0.05, 0.1) is 0 Å². The summed E-state index contributed by atoms with van der Waals surface area (Å²) in [6.07, 6.45) is 3.55. The molecule has 2 aromatic rings. The fourth-order valence-electron chi connectivity index (χ4n) is 3.69. The van der Waals surface area contributed by atoms with Crippen LogP contribution in [0.2, 0.25) is 0 Å². The predicted octanol–water partition coefficient (Wildman–Crippen LogP) is 3.92. The average molecular weight is 388 g/mol. The lowest BCUT2D eigenvalue weighted by atomic mass is 9.85. The summed E-state index contributed by atoms with van der Waals surface area (Å²) in [5.74, 6) is -0.232. The largest absolute Gasteiger partial charge is 0.371 e. The first-order valence-electron chi connectivity index (χ1n) is 9.65. The van der Waals surface area contributed by atoms with Gasteiger partial charge in [-0.1, -0.05) is 6.07 Å². The SMILES string of the molecule is Cc1ccc(CN2CCC(Nc3cccc(F)c3)(C(=O)NC3CC3)CC2)s1. The Hall–Kier alpha value is -1.92. The number of thiophene rings is 1. The Morgan fingerprint density at radius 1 is 1.26 bits per heavy atom. The molecule has 144 valence electrons. The van der Waals surface area contributed by atoms with E-state index in [0.717, 1.165) is 32.5 Å². The molecule has 0 unspecified atom stereocenters. The molecule has 6 heteroatoms. The maximum atomic E-state index is 13.6. The van der Waals surface area contributed by atoms with Gasteiger partial charge in [-0.05, 0) is 62.9 Å². The third-order valence-electron chi connectivity index (χ3n) is 5.44. The van der Waals surface area contributed by atoms with Crippen molar-refractivity contribution in [1.82, 2.24) is 10.2 Å². The minimum absolute atomic E-state index is 0.0564. The van der Waals surface area contributed by atoms with Crippen LogP contribution in [-0.4, -0.2) is 35.5 Å². The number of carbonyl (C=O) groups is 1.